The Bertz CT molecular complexity index is 2190. The van der Waals surface area contributed by atoms with E-state index < -0.39 is 67.8 Å². The lowest BCUT2D eigenvalue weighted by atomic mass is 9.58. The molecule has 356 valence electrons. The quantitative estimate of drug-likeness (QED) is 0.0709. The summed E-state index contributed by atoms with van der Waals surface area (Å²) in [6, 6.07) is 24.7. The van der Waals surface area contributed by atoms with E-state index >= 15 is 0 Å². The van der Waals surface area contributed by atoms with Gasteiger partial charge in [0.25, 0.3) is 0 Å². The molecule has 1 spiro atoms. The molecule has 6 fully saturated rings. The van der Waals surface area contributed by atoms with Crippen LogP contribution in [0.3, 0.4) is 0 Å². The van der Waals surface area contributed by atoms with Gasteiger partial charge in [0.15, 0.2) is 24.0 Å². The zero-order valence-electron chi connectivity index (χ0n) is 38.5. The van der Waals surface area contributed by atoms with Crippen LogP contribution in [0.5, 0.6) is 0 Å². The van der Waals surface area contributed by atoms with Gasteiger partial charge in [-0.15, -0.1) is 0 Å². The van der Waals surface area contributed by atoms with Crippen molar-refractivity contribution in [1.82, 2.24) is 15.5 Å². The fourth-order valence-corrected chi connectivity index (χ4v) is 11.9. The number of carbonyl (C=O) groups is 3. The third kappa shape index (κ3) is 10.4. The SMILES string of the molecule is CCOP(=O)(/C=C/C(NC[C@H](NC(=O)[C@@H]1C[C@@H](O[C@H]2O[C@@H]3O[C@@]4(C)CC[C@H]5[C@H](C)CC[C@@H]([C@H]2C)[C@@]35OO4)CN1C(=O)OCc1ccccc1)C(=O)c1ccccc1)c1ccccc1)OCC. The molecule has 9 rings (SSSR count). The van der Waals surface area contributed by atoms with Crippen molar-refractivity contribution in [3.8, 4) is 0 Å². The molecule has 6 aliphatic rings. The summed E-state index contributed by atoms with van der Waals surface area (Å²) in [5, 5.41) is 6.41. The number of nitrogens with zero attached hydrogens (tertiary/aromatic N) is 1. The predicted molar refractivity (Wildman–Crippen MR) is 243 cm³/mol. The highest BCUT2D eigenvalue weighted by Crippen LogP contribution is 2.61. The van der Waals surface area contributed by atoms with Crippen molar-refractivity contribution in [1.29, 1.82) is 0 Å². The number of fused-ring (bicyclic) bond motifs is 2. The number of ether oxygens (including phenoxy) is 4. The Hall–Kier alpha value is -4.28. The highest BCUT2D eigenvalue weighted by Gasteiger charge is 2.69. The highest BCUT2D eigenvalue weighted by atomic mass is 31.2. The van der Waals surface area contributed by atoms with Gasteiger partial charge in [-0.1, -0.05) is 111 Å². The molecule has 3 aromatic rings. The summed E-state index contributed by atoms with van der Waals surface area (Å²) in [7, 11) is -3.58. The number of Topliss-reactive ketones (excluding diaryl/α,β-unsaturated/α-hetero) is 1. The lowest BCUT2D eigenvalue weighted by Crippen LogP contribution is -2.70. The van der Waals surface area contributed by atoms with Gasteiger partial charge in [0.05, 0.1) is 31.9 Å². The van der Waals surface area contributed by atoms with Gasteiger partial charge in [-0.2, -0.15) is 0 Å². The first-order valence-electron chi connectivity index (χ1n) is 23.4. The van der Waals surface area contributed by atoms with E-state index in [4.69, 9.17) is 37.8 Å². The second kappa shape index (κ2) is 20.9. The molecule has 2 amide bonds. The molecule has 3 aromatic carbocycles. The van der Waals surface area contributed by atoms with Gasteiger partial charge in [0, 0.05) is 42.6 Å². The van der Waals surface area contributed by atoms with Crippen molar-refractivity contribution < 1.29 is 56.7 Å². The minimum atomic E-state index is -3.58. The molecule has 5 saturated heterocycles. The first kappa shape index (κ1) is 48.2. The van der Waals surface area contributed by atoms with Crippen molar-refractivity contribution in [3.63, 3.8) is 0 Å². The number of nitrogens with one attached hydrogen (secondary N) is 2. The van der Waals surface area contributed by atoms with Crippen molar-refractivity contribution in [2.24, 2.45) is 23.7 Å². The van der Waals surface area contributed by atoms with Crippen LogP contribution in [0.4, 0.5) is 4.79 Å². The summed E-state index contributed by atoms with van der Waals surface area (Å²) >= 11 is 0. The third-order valence-corrected chi connectivity index (χ3v) is 15.7. The van der Waals surface area contributed by atoms with E-state index in [1.807, 2.05) is 73.7 Å². The van der Waals surface area contributed by atoms with Gasteiger partial charge in [-0.25, -0.2) is 14.6 Å². The van der Waals surface area contributed by atoms with Gasteiger partial charge in [-0.3, -0.25) is 19.1 Å². The van der Waals surface area contributed by atoms with E-state index in [-0.39, 0.29) is 62.9 Å². The molecule has 66 heavy (non-hydrogen) atoms. The zero-order chi connectivity index (χ0) is 46.5. The molecule has 12 atom stereocenters. The monoisotopic (exact) mass is 929 g/mol. The second-order valence-electron chi connectivity index (χ2n) is 18.3. The highest BCUT2D eigenvalue weighted by molar-refractivity contribution is 7.57. The molecule has 1 saturated carbocycles. The fourth-order valence-electron chi connectivity index (χ4n) is 10.5. The van der Waals surface area contributed by atoms with Crippen LogP contribution in [0.25, 0.3) is 0 Å². The summed E-state index contributed by atoms with van der Waals surface area (Å²) in [5.41, 5.74) is 1.20. The summed E-state index contributed by atoms with van der Waals surface area (Å²) in [5.74, 6) is -0.00596. The lowest BCUT2D eigenvalue weighted by molar-refractivity contribution is -0.578. The van der Waals surface area contributed by atoms with Crippen LogP contribution in [0.15, 0.2) is 103 Å². The average molecular weight is 930 g/mol. The summed E-state index contributed by atoms with van der Waals surface area (Å²) in [6.07, 6.45) is 2.45. The smallest absolute Gasteiger partial charge is 0.410 e. The largest absolute Gasteiger partial charge is 0.445 e. The number of hydrogen-bond donors (Lipinski definition) is 2. The number of rotatable bonds is 18. The van der Waals surface area contributed by atoms with Crippen LogP contribution < -0.4 is 10.6 Å². The van der Waals surface area contributed by atoms with Crippen molar-refractivity contribution in [2.75, 3.05) is 26.3 Å². The number of amides is 2. The molecule has 2 bridgehead atoms. The Morgan fingerprint density at radius 1 is 0.894 bits per heavy atom. The first-order valence-corrected chi connectivity index (χ1v) is 25.1. The van der Waals surface area contributed by atoms with Gasteiger partial charge >= 0.3 is 13.7 Å². The Kier molecular flexibility index (Phi) is 15.3. The minimum Gasteiger partial charge on any atom is -0.445 e. The van der Waals surface area contributed by atoms with Crippen LogP contribution in [0.2, 0.25) is 0 Å². The zero-order valence-corrected chi connectivity index (χ0v) is 39.3. The molecule has 2 N–H and O–H groups in total. The average Bonchev–Trinajstić information content (AvgIpc) is 3.62. The van der Waals surface area contributed by atoms with Crippen LogP contribution >= 0.6 is 7.60 Å². The topological polar surface area (TPSA) is 169 Å². The van der Waals surface area contributed by atoms with E-state index in [0.717, 1.165) is 30.4 Å². The third-order valence-electron chi connectivity index (χ3n) is 13.9. The number of ketones is 1. The molecule has 1 unspecified atom stereocenters. The summed E-state index contributed by atoms with van der Waals surface area (Å²) in [6.45, 7) is 10.1. The fraction of sp³-hybridized carbons (Fsp3) is 0.540. The van der Waals surface area contributed by atoms with E-state index in [0.29, 0.717) is 17.9 Å². The molecular formula is C50H64N3O12P. The van der Waals surface area contributed by atoms with E-state index in [2.05, 4.69) is 24.5 Å². The predicted octanol–water partition coefficient (Wildman–Crippen LogP) is 8.47. The molecule has 5 aliphatic heterocycles. The minimum absolute atomic E-state index is 0.00499. The van der Waals surface area contributed by atoms with Crippen LogP contribution in [0, 0.1) is 23.7 Å². The second-order valence-corrected chi connectivity index (χ2v) is 20.2. The van der Waals surface area contributed by atoms with Crippen molar-refractivity contribution in [3.05, 3.63) is 120 Å². The lowest BCUT2D eigenvalue weighted by Gasteiger charge is -2.60. The van der Waals surface area contributed by atoms with Crippen LogP contribution in [0.1, 0.15) is 94.2 Å². The summed E-state index contributed by atoms with van der Waals surface area (Å²) in [4.78, 5) is 56.9. The molecule has 1 aliphatic carbocycles. The van der Waals surface area contributed by atoms with Gasteiger partial charge in [0.1, 0.15) is 18.7 Å². The number of hydrogen-bond acceptors (Lipinski definition) is 13. The Morgan fingerprint density at radius 2 is 1.58 bits per heavy atom. The molecular weight excluding hydrogens is 866 g/mol. The Balaban J connectivity index is 1.04. The van der Waals surface area contributed by atoms with E-state index in [1.54, 1.807) is 44.2 Å². The van der Waals surface area contributed by atoms with E-state index in [1.165, 1.54) is 10.7 Å². The number of benzene rings is 3. The Labute approximate surface area is 387 Å². The number of carbonyl (C=O) groups excluding carboxylic acids is 3. The molecule has 0 radical (unpaired) electrons. The Morgan fingerprint density at radius 3 is 2.27 bits per heavy atom. The maximum absolute atomic E-state index is 14.8. The standard InChI is InChI=1S/C50H64N3O12P/c1-6-59-66(57,60-7-2)28-26-41(36-19-13-9-14-20-36)51-30-42(44(54)37-21-15-10-16-22-37)52-45(55)43-29-38(31-53(43)48(56)58-32-35-17-11-8-12-18-35)61-46-34(4)40-24-23-33(3)39-25-27-49(5)63-47(62-46)50(39,40)65-64-49/h8-22,26,28,33-34,38-43,46-47,51H,6-7,23-25,27,29-32H2,1-5H3,(H,52,55)/b28-26+/t33-,34-,38-,39+,40+,41?,42+,43+,46+,47-,49-,50-/m1/s1. The summed E-state index contributed by atoms with van der Waals surface area (Å²) < 4.78 is 50.5. The van der Waals surface area contributed by atoms with E-state index in [9.17, 15) is 18.9 Å². The molecule has 5 heterocycles. The van der Waals surface area contributed by atoms with Crippen molar-refractivity contribution >= 4 is 25.4 Å². The van der Waals surface area contributed by atoms with Gasteiger partial charge in [0.2, 0.25) is 11.7 Å². The molecule has 16 heteroatoms. The number of likely N-dealkylation sites (tertiary alicyclic amines) is 1. The van der Waals surface area contributed by atoms with Gasteiger partial charge in [-0.05, 0) is 63.0 Å². The van der Waals surface area contributed by atoms with Gasteiger partial charge < -0.3 is 38.6 Å². The molecule has 0 aromatic heterocycles. The first-order chi connectivity index (χ1) is 31.8. The van der Waals surface area contributed by atoms with Crippen molar-refractivity contribution in [2.45, 2.75) is 122 Å². The normalized spacial score (nSPS) is 31.4. The maximum Gasteiger partial charge on any atom is 0.410 e. The van der Waals surface area contributed by atoms with Crippen LogP contribution in [-0.2, 0) is 53.7 Å². The van der Waals surface area contributed by atoms with Crippen LogP contribution in [-0.4, -0.2) is 91.1 Å². The maximum atomic E-state index is 14.8. The molecule has 15 nitrogen and oxygen atoms in total.